The Balaban J connectivity index is 1.62. The van der Waals surface area contributed by atoms with Crippen LogP contribution in [0.3, 0.4) is 0 Å². The Morgan fingerprint density at radius 3 is 2.59 bits per heavy atom. The second-order valence-electron chi connectivity index (χ2n) is 11.9. The van der Waals surface area contributed by atoms with Gasteiger partial charge in [0, 0.05) is 38.3 Å². The number of aliphatic hydroxyl groups excluding tert-OH is 1. The summed E-state index contributed by atoms with van der Waals surface area (Å²) in [6, 6.07) is 17.2. The molecule has 0 bridgehead atoms. The van der Waals surface area contributed by atoms with E-state index < -0.39 is 22.2 Å². The number of amides is 2. The SMILES string of the molecule is C[C@H](CO)N1C[C@H](C)[C@H](CN(C)S(=O)(=O)c2cccs2)OCCCC[C@H](C)Oc2ccc(NC(=O)Cc3ccccc3)cc2C1=O. The number of hydrogen-bond acceptors (Lipinski definition) is 8. The second-order valence-corrected chi connectivity index (χ2v) is 15.2. The topological polar surface area (TPSA) is 125 Å². The van der Waals surface area contributed by atoms with Crippen LogP contribution in [-0.4, -0.2) is 86.1 Å². The standard InChI is InChI=1S/C34H45N3O7S2/c1-24-21-37(25(2)23-38)34(40)29-20-28(35-32(39)19-27-12-6-5-7-13-27)15-16-30(29)44-26(3)11-8-9-17-43-31(24)22-36(4)46(41,42)33-14-10-18-45-33/h5-7,10,12-16,18,20,24-26,31,38H,8-9,11,17,19,21-23H2,1-4H3,(H,35,39)/t24-,25+,26-,31-/m0/s1. The van der Waals surface area contributed by atoms with Crippen LogP contribution < -0.4 is 10.1 Å². The van der Waals surface area contributed by atoms with Crippen LogP contribution in [0.1, 0.15) is 56.0 Å². The number of carbonyl (C=O) groups is 2. The Labute approximate surface area is 276 Å². The molecule has 1 aliphatic heterocycles. The van der Waals surface area contributed by atoms with E-state index in [2.05, 4.69) is 5.32 Å². The van der Waals surface area contributed by atoms with Crippen molar-refractivity contribution in [2.24, 2.45) is 5.92 Å². The first-order chi connectivity index (χ1) is 22.0. The van der Waals surface area contributed by atoms with Crippen LogP contribution in [0.15, 0.2) is 70.3 Å². The molecular weight excluding hydrogens is 627 g/mol. The van der Waals surface area contributed by atoms with E-state index in [4.69, 9.17) is 9.47 Å². The number of benzene rings is 2. The third kappa shape index (κ3) is 9.38. The van der Waals surface area contributed by atoms with Crippen molar-refractivity contribution in [3.63, 3.8) is 0 Å². The largest absolute Gasteiger partial charge is 0.490 e. The van der Waals surface area contributed by atoms with Crippen LogP contribution in [0, 0.1) is 5.92 Å². The van der Waals surface area contributed by atoms with Crippen molar-refractivity contribution < 1.29 is 32.6 Å². The molecule has 2 N–H and O–H groups in total. The molecule has 46 heavy (non-hydrogen) atoms. The zero-order valence-electron chi connectivity index (χ0n) is 26.9. The predicted molar refractivity (Wildman–Crippen MR) is 180 cm³/mol. The summed E-state index contributed by atoms with van der Waals surface area (Å²) >= 11 is 1.16. The number of sulfonamides is 1. The second kappa shape index (κ2) is 16.5. The van der Waals surface area contributed by atoms with Crippen LogP contribution in [0.4, 0.5) is 5.69 Å². The van der Waals surface area contributed by atoms with Gasteiger partial charge in [-0.2, -0.15) is 4.31 Å². The summed E-state index contributed by atoms with van der Waals surface area (Å²) in [4.78, 5) is 28.7. The molecule has 1 aromatic heterocycles. The molecule has 10 nitrogen and oxygen atoms in total. The lowest BCUT2D eigenvalue weighted by molar-refractivity contribution is -0.115. The number of nitrogens with zero attached hydrogens (tertiary/aromatic N) is 2. The molecular formula is C34H45N3O7S2. The van der Waals surface area contributed by atoms with Gasteiger partial charge in [-0.15, -0.1) is 11.3 Å². The quantitative estimate of drug-likeness (QED) is 0.326. The van der Waals surface area contributed by atoms with Gasteiger partial charge in [0.1, 0.15) is 9.96 Å². The molecule has 0 fully saturated rings. The van der Waals surface area contributed by atoms with E-state index in [1.165, 1.54) is 4.31 Å². The van der Waals surface area contributed by atoms with Crippen LogP contribution in [0.5, 0.6) is 5.75 Å². The van der Waals surface area contributed by atoms with Crippen LogP contribution in [0.25, 0.3) is 0 Å². The van der Waals surface area contributed by atoms with Crippen molar-refractivity contribution in [1.29, 1.82) is 0 Å². The molecule has 0 saturated carbocycles. The summed E-state index contributed by atoms with van der Waals surface area (Å²) in [5, 5.41) is 14.8. The first-order valence-electron chi connectivity index (χ1n) is 15.7. The van der Waals surface area contributed by atoms with Gasteiger partial charge in [-0.05, 0) is 68.3 Å². The monoisotopic (exact) mass is 671 g/mol. The highest BCUT2D eigenvalue weighted by molar-refractivity contribution is 7.91. The number of carbonyl (C=O) groups excluding carboxylic acids is 2. The molecule has 4 rings (SSSR count). The van der Waals surface area contributed by atoms with E-state index in [1.54, 1.807) is 54.6 Å². The highest BCUT2D eigenvalue weighted by Gasteiger charge is 2.32. The number of ether oxygens (including phenoxy) is 2. The van der Waals surface area contributed by atoms with E-state index >= 15 is 0 Å². The molecule has 0 radical (unpaired) electrons. The van der Waals surface area contributed by atoms with Crippen molar-refractivity contribution >= 4 is 38.9 Å². The molecule has 4 atom stereocenters. The van der Waals surface area contributed by atoms with Gasteiger partial charge in [0.2, 0.25) is 5.91 Å². The number of fused-ring (bicyclic) bond motifs is 1. The summed E-state index contributed by atoms with van der Waals surface area (Å²) in [7, 11) is -2.17. The van der Waals surface area contributed by atoms with Crippen LogP contribution in [0.2, 0.25) is 0 Å². The maximum absolute atomic E-state index is 14.3. The fourth-order valence-electron chi connectivity index (χ4n) is 5.36. The van der Waals surface area contributed by atoms with Gasteiger partial charge in [-0.1, -0.05) is 43.3 Å². The number of likely N-dealkylation sites (N-methyl/N-ethyl adjacent to an activating group) is 1. The van der Waals surface area contributed by atoms with Crippen molar-refractivity contribution in [2.75, 3.05) is 38.7 Å². The molecule has 0 saturated heterocycles. The third-order valence-corrected chi connectivity index (χ3v) is 11.3. The van der Waals surface area contributed by atoms with E-state index in [9.17, 15) is 23.1 Å². The smallest absolute Gasteiger partial charge is 0.258 e. The van der Waals surface area contributed by atoms with Gasteiger partial charge in [0.15, 0.2) is 0 Å². The Morgan fingerprint density at radius 2 is 1.89 bits per heavy atom. The molecule has 0 aliphatic carbocycles. The minimum Gasteiger partial charge on any atom is -0.490 e. The van der Waals surface area contributed by atoms with Gasteiger partial charge in [-0.3, -0.25) is 9.59 Å². The Kier molecular flexibility index (Phi) is 12.8. The lowest BCUT2D eigenvalue weighted by Crippen LogP contribution is -2.48. The Morgan fingerprint density at radius 1 is 1.13 bits per heavy atom. The summed E-state index contributed by atoms with van der Waals surface area (Å²) in [6.45, 7) is 6.07. The normalized spacial score (nSPS) is 20.8. The number of thiophene rings is 1. The lowest BCUT2D eigenvalue weighted by atomic mass is 10.0. The van der Waals surface area contributed by atoms with E-state index in [0.717, 1.165) is 36.2 Å². The summed E-state index contributed by atoms with van der Waals surface area (Å²) in [6.07, 6.45) is 1.76. The van der Waals surface area contributed by atoms with E-state index in [-0.39, 0.29) is 59.7 Å². The highest BCUT2D eigenvalue weighted by Crippen LogP contribution is 2.29. The van der Waals surface area contributed by atoms with Crippen molar-refractivity contribution in [3.05, 3.63) is 77.2 Å². The Hall–Kier alpha value is -3.29. The fourth-order valence-corrected chi connectivity index (χ4v) is 7.75. The van der Waals surface area contributed by atoms with Crippen molar-refractivity contribution in [1.82, 2.24) is 9.21 Å². The van der Waals surface area contributed by atoms with Gasteiger partial charge in [0.25, 0.3) is 15.9 Å². The molecule has 250 valence electrons. The fraction of sp³-hybridized carbons (Fsp3) is 0.471. The summed E-state index contributed by atoms with van der Waals surface area (Å²) < 4.78 is 40.6. The van der Waals surface area contributed by atoms with E-state index in [1.807, 2.05) is 44.2 Å². The maximum Gasteiger partial charge on any atom is 0.258 e. The molecule has 1 aliphatic rings. The van der Waals surface area contributed by atoms with Crippen molar-refractivity contribution in [3.8, 4) is 5.75 Å². The Bertz CT molecular complexity index is 1530. The van der Waals surface area contributed by atoms with Crippen molar-refractivity contribution in [2.45, 2.75) is 68.9 Å². The van der Waals surface area contributed by atoms with Crippen LogP contribution in [-0.2, 0) is 26.0 Å². The zero-order chi connectivity index (χ0) is 33.3. The molecule has 12 heteroatoms. The molecule has 0 unspecified atom stereocenters. The maximum atomic E-state index is 14.3. The lowest BCUT2D eigenvalue weighted by Gasteiger charge is -2.35. The number of rotatable bonds is 9. The predicted octanol–water partition coefficient (Wildman–Crippen LogP) is 5.05. The minimum absolute atomic E-state index is 0.102. The molecule has 0 spiro atoms. The first-order valence-corrected chi connectivity index (χ1v) is 18.0. The average Bonchev–Trinajstić information content (AvgIpc) is 3.59. The first kappa shape index (κ1) is 35.6. The average molecular weight is 672 g/mol. The van der Waals surface area contributed by atoms with E-state index in [0.29, 0.717) is 18.0 Å². The van der Waals surface area contributed by atoms with Gasteiger partial charge in [-0.25, -0.2) is 8.42 Å². The van der Waals surface area contributed by atoms with Gasteiger partial charge >= 0.3 is 0 Å². The summed E-state index contributed by atoms with van der Waals surface area (Å²) in [5.41, 5.74) is 1.59. The molecule has 2 heterocycles. The molecule has 2 amide bonds. The van der Waals surface area contributed by atoms with Gasteiger partial charge < -0.3 is 24.8 Å². The molecule has 3 aromatic rings. The number of hydrogen-bond donors (Lipinski definition) is 2. The third-order valence-electron chi connectivity index (χ3n) is 8.14. The highest BCUT2D eigenvalue weighted by atomic mass is 32.2. The number of anilines is 1. The van der Waals surface area contributed by atoms with Crippen LogP contribution >= 0.6 is 11.3 Å². The minimum atomic E-state index is -3.71. The zero-order valence-corrected chi connectivity index (χ0v) is 28.6. The number of aliphatic hydroxyl groups is 1. The van der Waals surface area contributed by atoms with Gasteiger partial charge in [0.05, 0.1) is 36.8 Å². The summed E-state index contributed by atoms with van der Waals surface area (Å²) in [5.74, 6) is -0.485. The molecule has 2 aromatic carbocycles. The number of nitrogens with one attached hydrogen (secondary N) is 1.